The van der Waals surface area contributed by atoms with Gasteiger partial charge in [-0.2, -0.15) is 0 Å². The zero-order valence-electron chi connectivity index (χ0n) is 9.19. The molecule has 1 amide bonds. The average Bonchev–Trinajstić information content (AvgIpc) is 2.87. The molecule has 1 aromatic carbocycles. The van der Waals surface area contributed by atoms with Gasteiger partial charge >= 0.3 is 0 Å². The lowest BCUT2D eigenvalue weighted by Crippen LogP contribution is -2.27. The van der Waals surface area contributed by atoms with Crippen molar-refractivity contribution in [3.8, 4) is 0 Å². The van der Waals surface area contributed by atoms with Crippen LogP contribution in [0.25, 0.3) is 0 Å². The van der Waals surface area contributed by atoms with E-state index in [0.717, 1.165) is 6.07 Å². The minimum absolute atomic E-state index is 0.216. The van der Waals surface area contributed by atoms with E-state index in [4.69, 9.17) is 5.73 Å². The Hall–Kier alpha value is -1.79. The average molecular weight is 268 g/mol. The summed E-state index contributed by atoms with van der Waals surface area (Å²) < 4.78 is 26.3. The van der Waals surface area contributed by atoms with E-state index in [9.17, 15) is 13.6 Å². The minimum atomic E-state index is -1.09. The number of thiophene rings is 1. The molecule has 0 aliphatic rings. The standard InChI is InChI=1S/C12H10F2N2OS/c13-7-3-1-4-8(10(7)14)16-12(17)11(15)9-5-2-6-18-9/h1-6,11H,15H2,(H,16,17). The summed E-state index contributed by atoms with van der Waals surface area (Å²) in [5.74, 6) is -2.69. The van der Waals surface area contributed by atoms with Crippen molar-refractivity contribution in [1.29, 1.82) is 0 Å². The molecule has 1 atom stereocenters. The quantitative estimate of drug-likeness (QED) is 0.899. The molecule has 3 nitrogen and oxygen atoms in total. The van der Waals surface area contributed by atoms with E-state index >= 15 is 0 Å². The van der Waals surface area contributed by atoms with Crippen molar-refractivity contribution in [3.05, 3.63) is 52.2 Å². The zero-order valence-corrected chi connectivity index (χ0v) is 10.0. The molecule has 0 aliphatic heterocycles. The van der Waals surface area contributed by atoms with E-state index in [1.54, 1.807) is 17.5 Å². The first-order valence-electron chi connectivity index (χ1n) is 5.13. The van der Waals surface area contributed by atoms with Crippen molar-refractivity contribution in [3.63, 3.8) is 0 Å². The van der Waals surface area contributed by atoms with Gasteiger partial charge in [-0.25, -0.2) is 8.78 Å². The van der Waals surface area contributed by atoms with Gasteiger partial charge in [0.25, 0.3) is 0 Å². The van der Waals surface area contributed by atoms with Crippen LogP contribution in [-0.2, 0) is 4.79 Å². The smallest absolute Gasteiger partial charge is 0.246 e. The summed E-state index contributed by atoms with van der Waals surface area (Å²) in [6.45, 7) is 0. The zero-order chi connectivity index (χ0) is 13.1. The lowest BCUT2D eigenvalue weighted by Gasteiger charge is -2.11. The number of carbonyl (C=O) groups excluding carboxylic acids is 1. The molecular formula is C12H10F2N2OS. The summed E-state index contributed by atoms with van der Waals surface area (Å²) >= 11 is 1.32. The molecule has 0 spiro atoms. The van der Waals surface area contributed by atoms with E-state index in [2.05, 4.69) is 5.32 Å². The number of nitrogens with one attached hydrogen (secondary N) is 1. The fourth-order valence-corrected chi connectivity index (χ4v) is 2.13. The Morgan fingerprint density at radius 1 is 1.28 bits per heavy atom. The SMILES string of the molecule is NC(C(=O)Nc1cccc(F)c1F)c1cccs1. The molecule has 3 N–H and O–H groups in total. The third-order valence-electron chi connectivity index (χ3n) is 2.34. The van der Waals surface area contributed by atoms with Gasteiger partial charge in [-0.15, -0.1) is 11.3 Å². The molecule has 0 aliphatic carbocycles. The molecule has 2 rings (SSSR count). The lowest BCUT2D eigenvalue weighted by molar-refractivity contribution is -0.117. The first kappa shape index (κ1) is 12.7. The van der Waals surface area contributed by atoms with Crippen LogP contribution in [-0.4, -0.2) is 5.91 Å². The van der Waals surface area contributed by atoms with Gasteiger partial charge in [0.05, 0.1) is 5.69 Å². The van der Waals surface area contributed by atoms with E-state index in [0.29, 0.717) is 4.88 Å². The number of nitrogens with two attached hydrogens (primary N) is 1. The predicted octanol–water partition coefficient (Wildman–Crippen LogP) is 2.66. The van der Waals surface area contributed by atoms with E-state index in [1.165, 1.54) is 23.5 Å². The van der Waals surface area contributed by atoms with Crippen LogP contribution < -0.4 is 11.1 Å². The van der Waals surface area contributed by atoms with E-state index in [-0.39, 0.29) is 5.69 Å². The van der Waals surface area contributed by atoms with Gasteiger partial charge in [0.15, 0.2) is 11.6 Å². The fraction of sp³-hybridized carbons (Fsp3) is 0.0833. The molecule has 1 heterocycles. The number of carbonyl (C=O) groups is 1. The molecular weight excluding hydrogens is 258 g/mol. The van der Waals surface area contributed by atoms with Gasteiger partial charge in [0.1, 0.15) is 6.04 Å². The molecule has 1 unspecified atom stereocenters. The highest BCUT2D eigenvalue weighted by molar-refractivity contribution is 7.10. The first-order valence-corrected chi connectivity index (χ1v) is 6.01. The van der Waals surface area contributed by atoms with Crippen molar-refractivity contribution in [2.24, 2.45) is 5.73 Å². The molecule has 0 saturated carbocycles. The Bertz CT molecular complexity index is 557. The van der Waals surface area contributed by atoms with Gasteiger partial charge in [0.2, 0.25) is 5.91 Å². The van der Waals surface area contributed by atoms with Gasteiger partial charge in [0, 0.05) is 4.88 Å². The van der Waals surface area contributed by atoms with Crippen LogP contribution >= 0.6 is 11.3 Å². The van der Waals surface area contributed by atoms with Crippen LogP contribution in [0.4, 0.5) is 14.5 Å². The highest BCUT2D eigenvalue weighted by Gasteiger charge is 2.18. The lowest BCUT2D eigenvalue weighted by atomic mass is 10.2. The third-order valence-corrected chi connectivity index (χ3v) is 3.30. The van der Waals surface area contributed by atoms with Gasteiger partial charge in [-0.3, -0.25) is 4.79 Å². The molecule has 2 aromatic rings. The summed E-state index contributed by atoms with van der Waals surface area (Å²) in [5, 5.41) is 4.05. The highest BCUT2D eigenvalue weighted by Crippen LogP contribution is 2.21. The summed E-state index contributed by atoms with van der Waals surface area (Å²) in [6, 6.07) is 6.13. The highest BCUT2D eigenvalue weighted by atomic mass is 32.1. The molecule has 94 valence electrons. The Morgan fingerprint density at radius 3 is 2.72 bits per heavy atom. The molecule has 18 heavy (non-hydrogen) atoms. The molecule has 0 fully saturated rings. The number of halogens is 2. The molecule has 1 aromatic heterocycles. The second-order valence-corrected chi connectivity index (χ2v) is 4.56. The van der Waals surface area contributed by atoms with Crippen molar-refractivity contribution in [2.75, 3.05) is 5.32 Å². The summed E-state index contributed by atoms with van der Waals surface area (Å²) in [6.07, 6.45) is 0. The monoisotopic (exact) mass is 268 g/mol. The third kappa shape index (κ3) is 2.55. The summed E-state index contributed by atoms with van der Waals surface area (Å²) in [4.78, 5) is 12.4. The maximum Gasteiger partial charge on any atom is 0.246 e. The van der Waals surface area contributed by atoms with Crippen molar-refractivity contribution in [1.82, 2.24) is 0 Å². The maximum atomic E-state index is 13.3. The second kappa shape index (κ2) is 5.24. The van der Waals surface area contributed by atoms with Crippen LogP contribution in [0, 0.1) is 11.6 Å². The topological polar surface area (TPSA) is 55.1 Å². The Kier molecular flexibility index (Phi) is 3.69. The molecule has 0 saturated heterocycles. The summed E-state index contributed by atoms with van der Waals surface area (Å²) in [5.41, 5.74) is 5.49. The molecule has 0 bridgehead atoms. The number of amides is 1. The van der Waals surface area contributed by atoms with Crippen LogP contribution in [0.5, 0.6) is 0 Å². The molecule has 6 heteroatoms. The number of anilines is 1. The Labute approximate surface area is 106 Å². The number of rotatable bonds is 3. The first-order chi connectivity index (χ1) is 8.59. The Balaban J connectivity index is 2.14. The summed E-state index contributed by atoms with van der Waals surface area (Å²) in [7, 11) is 0. The van der Waals surface area contributed by atoms with Crippen molar-refractivity contribution in [2.45, 2.75) is 6.04 Å². The number of hydrogen-bond donors (Lipinski definition) is 2. The number of benzene rings is 1. The second-order valence-electron chi connectivity index (χ2n) is 3.58. The van der Waals surface area contributed by atoms with Crippen LogP contribution in [0.2, 0.25) is 0 Å². The predicted molar refractivity (Wildman–Crippen MR) is 66.2 cm³/mol. The van der Waals surface area contributed by atoms with Crippen molar-refractivity contribution >= 4 is 22.9 Å². The fourth-order valence-electron chi connectivity index (χ4n) is 1.41. The normalized spacial score (nSPS) is 12.2. The van der Waals surface area contributed by atoms with Crippen LogP contribution in [0.15, 0.2) is 35.7 Å². The largest absolute Gasteiger partial charge is 0.322 e. The van der Waals surface area contributed by atoms with Gasteiger partial charge in [-0.1, -0.05) is 12.1 Å². The van der Waals surface area contributed by atoms with Gasteiger partial charge < -0.3 is 11.1 Å². The minimum Gasteiger partial charge on any atom is -0.322 e. The van der Waals surface area contributed by atoms with E-state index in [1.807, 2.05) is 0 Å². The van der Waals surface area contributed by atoms with E-state index < -0.39 is 23.6 Å². The number of hydrogen-bond acceptors (Lipinski definition) is 3. The van der Waals surface area contributed by atoms with Crippen molar-refractivity contribution < 1.29 is 13.6 Å². The van der Waals surface area contributed by atoms with Crippen LogP contribution in [0.3, 0.4) is 0 Å². The van der Waals surface area contributed by atoms with Gasteiger partial charge in [-0.05, 0) is 23.6 Å². The molecule has 0 radical (unpaired) electrons. The van der Waals surface area contributed by atoms with Crippen LogP contribution in [0.1, 0.15) is 10.9 Å². The Morgan fingerprint density at radius 2 is 2.06 bits per heavy atom. The maximum absolute atomic E-state index is 13.3.